The molecule has 0 heterocycles. The average Bonchev–Trinajstić information content (AvgIpc) is 2.74. The molecule has 2 heteroatoms. The minimum atomic E-state index is -2.04. The van der Waals surface area contributed by atoms with Crippen molar-refractivity contribution in [3.8, 4) is 0 Å². The van der Waals surface area contributed by atoms with E-state index in [2.05, 4.69) is 34.6 Å². The molecule has 1 aliphatic rings. The van der Waals surface area contributed by atoms with Crippen molar-refractivity contribution in [2.45, 2.75) is 116 Å². The van der Waals surface area contributed by atoms with Gasteiger partial charge in [0.15, 0.2) is 0 Å². The van der Waals surface area contributed by atoms with Gasteiger partial charge in [0.1, 0.15) is 0 Å². The van der Waals surface area contributed by atoms with Crippen molar-refractivity contribution >= 4 is 18.4 Å². The molecule has 0 amide bonds. The molecule has 0 unspecified atom stereocenters. The molecule has 1 nitrogen and oxygen atoms in total. The minimum absolute atomic E-state index is 0.382. The van der Waals surface area contributed by atoms with Crippen LogP contribution < -0.4 is 0 Å². The maximum atomic E-state index is 10.5. The summed E-state index contributed by atoms with van der Waals surface area (Å²) in [6, 6.07) is 0. The van der Waals surface area contributed by atoms with E-state index in [0.717, 1.165) is 12.8 Å². The molecule has 0 spiro atoms. The second-order valence-electron chi connectivity index (χ2n) is 8.97. The molecule has 1 fully saturated rings. The van der Waals surface area contributed by atoms with Gasteiger partial charge in [-0.2, -0.15) is 0 Å². The van der Waals surface area contributed by atoms with Crippen LogP contribution >= 0.6 is 0 Å². The molecule has 22 heavy (non-hydrogen) atoms. The molecule has 0 saturated heterocycles. The number of rotatable bonds is 11. The molecule has 0 radical (unpaired) electrons. The summed E-state index contributed by atoms with van der Waals surface area (Å²) in [5, 5.41) is 10.5. The molecule has 0 bridgehead atoms. The molecule has 1 saturated carbocycles. The van der Waals surface area contributed by atoms with E-state index in [4.69, 9.17) is 0 Å². The maximum absolute atomic E-state index is 10.5. The molecule has 0 aromatic heterocycles. The Labute approximate surface area is 144 Å². The number of unbranched alkanes of at least 4 members (excludes halogenated alkanes) is 3. The van der Waals surface area contributed by atoms with E-state index in [1.807, 2.05) is 0 Å². The fourth-order valence-corrected chi connectivity index (χ4v) is 24.2. The first-order valence-corrected chi connectivity index (χ1v) is 18.1. The van der Waals surface area contributed by atoms with Gasteiger partial charge < -0.3 is 0 Å². The summed E-state index contributed by atoms with van der Waals surface area (Å²) >= 11 is -2.04. The third-order valence-electron chi connectivity index (χ3n) is 6.06. The summed E-state index contributed by atoms with van der Waals surface area (Å²) in [6.45, 7) is 11.7. The molecular formula is C20H42OSn. The van der Waals surface area contributed by atoms with Gasteiger partial charge in [0.2, 0.25) is 0 Å². The van der Waals surface area contributed by atoms with Gasteiger partial charge in [-0.15, -0.1) is 0 Å². The summed E-state index contributed by atoms with van der Waals surface area (Å²) in [4.78, 5) is 0. The van der Waals surface area contributed by atoms with E-state index in [-0.39, 0.29) is 5.60 Å². The van der Waals surface area contributed by atoms with Crippen LogP contribution in [0, 0.1) is 5.41 Å². The third kappa shape index (κ3) is 6.71. The topological polar surface area (TPSA) is 20.2 Å². The Morgan fingerprint density at radius 3 is 1.59 bits per heavy atom. The zero-order valence-corrected chi connectivity index (χ0v) is 19.0. The SMILES string of the molecule is CCC[CH2][Sn]([CH2]CCC)([CH2]CCC)[CH2][C@@]1(C)CC[C@](C)(O)C1. The van der Waals surface area contributed by atoms with Crippen LogP contribution in [0.25, 0.3) is 0 Å². The van der Waals surface area contributed by atoms with Crippen molar-refractivity contribution in [1.29, 1.82) is 0 Å². The van der Waals surface area contributed by atoms with Gasteiger partial charge in [-0.1, -0.05) is 0 Å². The summed E-state index contributed by atoms with van der Waals surface area (Å²) in [5.41, 5.74) is 0.0709. The summed E-state index contributed by atoms with van der Waals surface area (Å²) < 4.78 is 6.40. The Morgan fingerprint density at radius 2 is 1.27 bits per heavy atom. The van der Waals surface area contributed by atoms with E-state index in [0.29, 0.717) is 5.41 Å². The van der Waals surface area contributed by atoms with Crippen LogP contribution in [0.2, 0.25) is 17.7 Å². The van der Waals surface area contributed by atoms with Crippen molar-refractivity contribution < 1.29 is 5.11 Å². The van der Waals surface area contributed by atoms with Crippen LogP contribution in [0.15, 0.2) is 0 Å². The van der Waals surface area contributed by atoms with Gasteiger partial charge in [0.05, 0.1) is 0 Å². The average molecular weight is 417 g/mol. The Balaban J connectivity index is 2.85. The van der Waals surface area contributed by atoms with Gasteiger partial charge in [-0.3, -0.25) is 0 Å². The molecule has 0 aromatic rings. The van der Waals surface area contributed by atoms with Gasteiger partial charge >= 0.3 is 145 Å². The second-order valence-corrected chi connectivity index (χ2v) is 22.8. The molecule has 132 valence electrons. The predicted octanol–water partition coefficient (Wildman–Crippen LogP) is 6.78. The predicted molar refractivity (Wildman–Crippen MR) is 102 cm³/mol. The van der Waals surface area contributed by atoms with E-state index in [9.17, 15) is 5.11 Å². The van der Waals surface area contributed by atoms with Crippen molar-refractivity contribution in [3.63, 3.8) is 0 Å². The second kappa shape index (κ2) is 9.30. The molecule has 0 aromatic carbocycles. The first-order chi connectivity index (χ1) is 10.3. The molecule has 1 N–H and O–H groups in total. The van der Waals surface area contributed by atoms with Crippen molar-refractivity contribution in [3.05, 3.63) is 0 Å². The van der Waals surface area contributed by atoms with E-state index in [1.165, 1.54) is 44.9 Å². The van der Waals surface area contributed by atoms with Crippen LogP contribution in [0.1, 0.15) is 92.4 Å². The van der Waals surface area contributed by atoms with Gasteiger partial charge in [-0.25, -0.2) is 0 Å². The molecule has 0 aliphatic heterocycles. The van der Waals surface area contributed by atoms with Crippen LogP contribution in [0.3, 0.4) is 0 Å². The quantitative estimate of drug-likeness (QED) is 0.368. The first kappa shape index (κ1) is 20.8. The zero-order chi connectivity index (χ0) is 16.7. The number of aliphatic hydroxyl groups is 1. The van der Waals surface area contributed by atoms with E-state index in [1.54, 1.807) is 17.7 Å². The van der Waals surface area contributed by atoms with Crippen LogP contribution in [0.4, 0.5) is 0 Å². The fourth-order valence-electron chi connectivity index (χ4n) is 5.02. The van der Waals surface area contributed by atoms with Gasteiger partial charge in [0.25, 0.3) is 0 Å². The standard InChI is InChI=1S/C8H15O.3C4H9.Sn/c1-7(2)4-5-8(3,9)6-7;3*1-3-4-2;/h9H,1,4-6H2,2-3H3;3*1,3-4H2,2H3;/t7-,8+;;;;/m1..../s1. The molecule has 1 aliphatic carbocycles. The Morgan fingerprint density at radius 1 is 0.818 bits per heavy atom. The number of hydrogen-bond acceptors (Lipinski definition) is 1. The fraction of sp³-hybridized carbons (Fsp3) is 1.00. The normalized spacial score (nSPS) is 29.2. The Kier molecular flexibility index (Phi) is 8.79. The third-order valence-corrected chi connectivity index (χ3v) is 22.7. The van der Waals surface area contributed by atoms with Gasteiger partial charge in [-0.05, 0) is 0 Å². The number of hydrogen-bond donors (Lipinski definition) is 1. The first-order valence-electron chi connectivity index (χ1n) is 10.0. The van der Waals surface area contributed by atoms with Crippen LogP contribution in [-0.4, -0.2) is 29.1 Å². The Bertz CT molecular complexity index is 291. The van der Waals surface area contributed by atoms with Crippen molar-refractivity contribution in [1.82, 2.24) is 0 Å². The Hall–Kier alpha value is 0.759. The summed E-state index contributed by atoms with van der Waals surface area (Å²) in [5.74, 6) is 0. The summed E-state index contributed by atoms with van der Waals surface area (Å²) in [6.07, 6.45) is 11.9. The molecule has 2 atom stereocenters. The van der Waals surface area contributed by atoms with E-state index >= 15 is 0 Å². The van der Waals surface area contributed by atoms with Crippen molar-refractivity contribution in [2.24, 2.45) is 5.41 Å². The van der Waals surface area contributed by atoms with Crippen LogP contribution in [0.5, 0.6) is 0 Å². The zero-order valence-electron chi connectivity index (χ0n) is 16.1. The molecular weight excluding hydrogens is 375 g/mol. The van der Waals surface area contributed by atoms with Crippen molar-refractivity contribution in [2.75, 3.05) is 0 Å². The summed E-state index contributed by atoms with van der Waals surface area (Å²) in [7, 11) is 0. The monoisotopic (exact) mass is 418 g/mol. The van der Waals surface area contributed by atoms with Gasteiger partial charge in [0, 0.05) is 0 Å². The van der Waals surface area contributed by atoms with Crippen LogP contribution in [-0.2, 0) is 0 Å². The van der Waals surface area contributed by atoms with E-state index < -0.39 is 18.4 Å². The molecule has 1 rings (SSSR count).